The maximum absolute atomic E-state index is 3.78. The molecule has 0 unspecified atom stereocenters. The van der Waals surface area contributed by atoms with Crippen LogP contribution in [-0.2, 0) is 0 Å². The third-order valence-electron chi connectivity index (χ3n) is 1.62. The minimum Gasteiger partial charge on any atom is -0.265 e. The summed E-state index contributed by atoms with van der Waals surface area (Å²) in [5.74, 6) is 1.16. The molecule has 0 aliphatic heterocycles. The zero-order valence-electron chi connectivity index (χ0n) is 11.5. The molecule has 1 nitrogen and oxygen atoms in total. The molecule has 98 valence electrons. The van der Waals surface area contributed by atoms with E-state index in [1.54, 1.807) is 12.4 Å². The molecule has 1 aromatic carbocycles. The van der Waals surface area contributed by atoms with Crippen molar-refractivity contribution in [2.24, 2.45) is 0 Å². The number of pyridine rings is 1. The van der Waals surface area contributed by atoms with E-state index in [0.717, 1.165) is 5.75 Å². The molecule has 0 N–H and O–H groups in total. The molecule has 0 saturated carbocycles. The molecule has 0 atom stereocenters. The molecule has 18 heavy (non-hydrogen) atoms. The SMILES string of the molecule is CCC.CCSc1ccccc1.c1ccncc1. The van der Waals surface area contributed by atoms with Gasteiger partial charge in [-0.05, 0) is 30.0 Å². The molecule has 0 radical (unpaired) electrons. The second-order valence-electron chi connectivity index (χ2n) is 3.48. The van der Waals surface area contributed by atoms with Crippen molar-refractivity contribution < 1.29 is 0 Å². The highest BCUT2D eigenvalue weighted by Crippen LogP contribution is 2.15. The summed E-state index contributed by atoms with van der Waals surface area (Å²) in [7, 11) is 0. The first-order valence-corrected chi connectivity index (χ1v) is 7.36. The molecular formula is C16H23NS. The Kier molecular flexibility index (Phi) is 12.8. The largest absolute Gasteiger partial charge is 0.265 e. The second kappa shape index (κ2) is 13.8. The molecule has 2 aromatic rings. The third-order valence-corrected chi connectivity index (χ3v) is 2.51. The Bertz CT molecular complexity index is 321. The van der Waals surface area contributed by atoms with E-state index in [0.29, 0.717) is 0 Å². The Morgan fingerprint density at radius 1 is 0.833 bits per heavy atom. The van der Waals surface area contributed by atoms with Gasteiger partial charge in [0, 0.05) is 17.3 Å². The molecule has 2 heteroatoms. The normalized spacial score (nSPS) is 8.39. The van der Waals surface area contributed by atoms with Gasteiger partial charge in [-0.1, -0.05) is 51.5 Å². The standard InChI is InChI=1S/C8H10S.C5H5N.C3H8/c1-2-9-8-6-4-3-5-7-8;1-2-4-6-5-3-1;1-3-2/h3-7H,2H2,1H3;1-5H;3H2,1-2H3. The Labute approximate surface area is 116 Å². The number of thioether (sulfide) groups is 1. The summed E-state index contributed by atoms with van der Waals surface area (Å²) in [6, 6.07) is 16.2. The van der Waals surface area contributed by atoms with Crippen LogP contribution in [0.25, 0.3) is 0 Å². The fourth-order valence-corrected chi connectivity index (χ4v) is 1.68. The maximum Gasteiger partial charge on any atom is 0.0267 e. The number of hydrogen-bond acceptors (Lipinski definition) is 2. The number of aromatic nitrogens is 1. The lowest BCUT2D eigenvalue weighted by atomic mass is 10.4. The van der Waals surface area contributed by atoms with Crippen molar-refractivity contribution in [3.05, 3.63) is 60.9 Å². The third kappa shape index (κ3) is 11.2. The minimum atomic E-state index is 1.16. The van der Waals surface area contributed by atoms with Gasteiger partial charge in [-0.2, -0.15) is 0 Å². The van der Waals surface area contributed by atoms with Crippen LogP contribution in [0.2, 0.25) is 0 Å². The Morgan fingerprint density at radius 3 is 1.67 bits per heavy atom. The van der Waals surface area contributed by atoms with E-state index in [1.807, 2.05) is 36.0 Å². The van der Waals surface area contributed by atoms with Gasteiger partial charge >= 0.3 is 0 Å². The van der Waals surface area contributed by atoms with Crippen molar-refractivity contribution in [2.45, 2.75) is 32.1 Å². The first-order valence-electron chi connectivity index (χ1n) is 6.37. The lowest BCUT2D eigenvalue weighted by Gasteiger charge is -1.93. The average molecular weight is 261 g/mol. The van der Waals surface area contributed by atoms with Crippen LogP contribution < -0.4 is 0 Å². The summed E-state index contributed by atoms with van der Waals surface area (Å²) in [5, 5.41) is 0. The number of nitrogens with zero attached hydrogens (tertiary/aromatic N) is 1. The molecule has 0 bridgehead atoms. The Morgan fingerprint density at radius 2 is 1.33 bits per heavy atom. The fourth-order valence-electron chi connectivity index (χ4n) is 0.996. The van der Waals surface area contributed by atoms with Gasteiger partial charge in [0.15, 0.2) is 0 Å². The molecule has 0 amide bonds. The summed E-state index contributed by atoms with van der Waals surface area (Å²) < 4.78 is 0. The van der Waals surface area contributed by atoms with Crippen LogP contribution in [0.1, 0.15) is 27.2 Å². The van der Waals surface area contributed by atoms with E-state index >= 15 is 0 Å². The van der Waals surface area contributed by atoms with Gasteiger partial charge in [0.25, 0.3) is 0 Å². The van der Waals surface area contributed by atoms with Gasteiger partial charge in [0.1, 0.15) is 0 Å². The topological polar surface area (TPSA) is 12.9 Å². The summed E-state index contributed by atoms with van der Waals surface area (Å²) in [6.45, 7) is 6.41. The van der Waals surface area contributed by atoms with E-state index < -0.39 is 0 Å². The molecule has 2 rings (SSSR count). The van der Waals surface area contributed by atoms with E-state index in [2.05, 4.69) is 50.0 Å². The first-order chi connectivity index (χ1) is 8.85. The first kappa shape index (κ1) is 16.7. The van der Waals surface area contributed by atoms with Crippen molar-refractivity contribution in [1.29, 1.82) is 0 Å². The summed E-state index contributed by atoms with van der Waals surface area (Å²) in [6.07, 6.45) is 4.75. The zero-order valence-corrected chi connectivity index (χ0v) is 12.4. The smallest absolute Gasteiger partial charge is 0.0267 e. The fraction of sp³-hybridized carbons (Fsp3) is 0.312. The highest BCUT2D eigenvalue weighted by molar-refractivity contribution is 7.99. The predicted molar refractivity (Wildman–Crippen MR) is 83.0 cm³/mol. The lowest BCUT2D eigenvalue weighted by Crippen LogP contribution is -1.68. The number of rotatable bonds is 2. The van der Waals surface area contributed by atoms with Crippen LogP contribution in [0.3, 0.4) is 0 Å². The highest BCUT2D eigenvalue weighted by atomic mass is 32.2. The molecule has 0 spiro atoms. The van der Waals surface area contributed by atoms with Crippen molar-refractivity contribution in [2.75, 3.05) is 5.75 Å². The minimum absolute atomic E-state index is 1.16. The van der Waals surface area contributed by atoms with Gasteiger partial charge in [0.05, 0.1) is 0 Å². The van der Waals surface area contributed by atoms with E-state index in [9.17, 15) is 0 Å². The van der Waals surface area contributed by atoms with Crippen LogP contribution in [-0.4, -0.2) is 10.7 Å². The van der Waals surface area contributed by atoms with Crippen LogP contribution in [0.4, 0.5) is 0 Å². The van der Waals surface area contributed by atoms with Crippen molar-refractivity contribution in [3.63, 3.8) is 0 Å². The number of benzene rings is 1. The molecular weight excluding hydrogens is 238 g/mol. The maximum atomic E-state index is 3.78. The zero-order chi connectivity index (χ0) is 13.5. The van der Waals surface area contributed by atoms with Gasteiger partial charge in [0.2, 0.25) is 0 Å². The van der Waals surface area contributed by atoms with Gasteiger partial charge < -0.3 is 0 Å². The average Bonchev–Trinajstić information content (AvgIpc) is 2.44. The lowest BCUT2D eigenvalue weighted by molar-refractivity contribution is 1.09. The number of hydrogen-bond donors (Lipinski definition) is 0. The summed E-state index contributed by atoms with van der Waals surface area (Å²) in [4.78, 5) is 5.15. The molecule has 0 saturated heterocycles. The van der Waals surface area contributed by atoms with E-state index in [1.165, 1.54) is 11.3 Å². The second-order valence-corrected chi connectivity index (χ2v) is 4.82. The monoisotopic (exact) mass is 261 g/mol. The molecule has 1 aromatic heterocycles. The highest BCUT2D eigenvalue weighted by Gasteiger charge is 1.84. The molecule has 0 fully saturated rings. The van der Waals surface area contributed by atoms with Crippen molar-refractivity contribution >= 4 is 11.8 Å². The van der Waals surface area contributed by atoms with Crippen LogP contribution in [0, 0.1) is 0 Å². The summed E-state index contributed by atoms with van der Waals surface area (Å²) >= 11 is 1.88. The molecule has 0 aliphatic rings. The van der Waals surface area contributed by atoms with Crippen LogP contribution in [0.5, 0.6) is 0 Å². The quantitative estimate of drug-likeness (QED) is 0.681. The molecule has 0 aliphatic carbocycles. The van der Waals surface area contributed by atoms with Gasteiger partial charge in [-0.3, -0.25) is 4.98 Å². The van der Waals surface area contributed by atoms with Gasteiger partial charge in [-0.15, -0.1) is 11.8 Å². The Balaban J connectivity index is 0.000000278. The van der Waals surface area contributed by atoms with Crippen LogP contribution in [0.15, 0.2) is 65.8 Å². The van der Waals surface area contributed by atoms with Crippen molar-refractivity contribution in [3.8, 4) is 0 Å². The van der Waals surface area contributed by atoms with E-state index in [-0.39, 0.29) is 0 Å². The van der Waals surface area contributed by atoms with Crippen LogP contribution >= 0.6 is 11.8 Å². The van der Waals surface area contributed by atoms with Crippen molar-refractivity contribution in [1.82, 2.24) is 4.98 Å². The van der Waals surface area contributed by atoms with E-state index in [4.69, 9.17) is 0 Å². The Hall–Kier alpha value is -1.28. The molecule has 1 heterocycles. The summed E-state index contributed by atoms with van der Waals surface area (Å²) in [5.41, 5.74) is 0. The van der Waals surface area contributed by atoms with Gasteiger partial charge in [-0.25, -0.2) is 0 Å². The predicted octanol–water partition coefficient (Wildman–Crippen LogP) is 5.30.